The van der Waals surface area contributed by atoms with Crippen LogP contribution in [-0.4, -0.2) is 36.4 Å². The Morgan fingerprint density at radius 1 is 1.05 bits per heavy atom. The number of methoxy groups -OCH3 is 1. The number of halogens is 1. The lowest BCUT2D eigenvalue weighted by Gasteiger charge is -2.29. The van der Waals surface area contributed by atoms with E-state index < -0.39 is 10.0 Å². The molecular weight excluding hydrogens is 598 g/mol. The Morgan fingerprint density at radius 3 is 2.41 bits per heavy atom. The van der Waals surface area contributed by atoms with Gasteiger partial charge >= 0.3 is 0 Å². The molecule has 0 spiro atoms. The lowest BCUT2D eigenvalue weighted by Crippen LogP contribution is -2.29. The molecule has 202 valence electrons. The molecule has 1 aliphatic rings. The first kappa shape index (κ1) is 27.2. The van der Waals surface area contributed by atoms with Gasteiger partial charge in [-0.15, -0.1) is 0 Å². The number of nitrogens with zero attached hydrogens (tertiary/aromatic N) is 3. The first-order valence-corrected chi connectivity index (χ1v) is 15.3. The van der Waals surface area contributed by atoms with Crippen molar-refractivity contribution in [2.45, 2.75) is 25.9 Å². The van der Waals surface area contributed by atoms with Crippen molar-refractivity contribution in [3.8, 4) is 11.4 Å². The van der Waals surface area contributed by atoms with E-state index in [2.05, 4.69) is 72.5 Å². The monoisotopic (exact) mass is 625 g/mol. The lowest BCUT2D eigenvalue weighted by atomic mass is 9.96. The minimum absolute atomic E-state index is 0.225. The summed E-state index contributed by atoms with van der Waals surface area (Å²) in [5, 5.41) is 4.02. The average molecular weight is 627 g/mol. The Bertz CT molecular complexity index is 1640. The van der Waals surface area contributed by atoms with Gasteiger partial charge in [-0.25, -0.2) is 8.42 Å². The summed E-state index contributed by atoms with van der Waals surface area (Å²) in [6.07, 6.45) is 2.88. The molecule has 2 N–H and O–H groups in total. The second-order valence-corrected chi connectivity index (χ2v) is 12.4. The zero-order chi connectivity index (χ0) is 27.9. The van der Waals surface area contributed by atoms with Crippen molar-refractivity contribution >= 4 is 54.7 Å². The van der Waals surface area contributed by atoms with Crippen molar-refractivity contribution in [2.24, 2.45) is 0 Å². The Balaban J connectivity index is 1.66. The molecule has 0 amide bonds. The Kier molecular flexibility index (Phi) is 7.41. The highest BCUT2D eigenvalue weighted by molar-refractivity contribution is 9.10. The quantitative estimate of drug-likeness (QED) is 0.251. The zero-order valence-electron chi connectivity index (χ0n) is 21.8. The molecule has 2 aromatic carbocycles. The molecule has 2 aromatic heterocycles. The van der Waals surface area contributed by atoms with Gasteiger partial charge in [-0.3, -0.25) is 9.71 Å². The van der Waals surface area contributed by atoms with Crippen molar-refractivity contribution in [1.82, 2.24) is 14.9 Å². The van der Waals surface area contributed by atoms with Gasteiger partial charge in [0.15, 0.2) is 5.11 Å². The molecule has 1 saturated heterocycles. The number of nitrogens with one attached hydrogen (secondary N) is 2. The van der Waals surface area contributed by atoms with Gasteiger partial charge in [-0.05, 0) is 86.2 Å². The predicted molar refractivity (Wildman–Crippen MR) is 162 cm³/mol. The Morgan fingerprint density at radius 2 is 1.77 bits per heavy atom. The fraction of sp³-hybridized carbons (Fsp3) is 0.214. The minimum atomic E-state index is -3.48. The number of anilines is 2. The number of thiocarbonyl (C=S) groups is 1. The average Bonchev–Trinajstić information content (AvgIpc) is 3.39. The SMILES string of the molecule is COc1cc(N2C(=S)NC(c3ccccn3)C2c2cc(C)n(-c3ccc(Br)cc3)c2C)ccc1NS(C)(=O)=O. The standard InChI is InChI=1S/C28H28BrN5O3S2/c1-17-15-22(18(2)33(17)20-10-8-19(29)9-11-20)27-26(24-7-5-6-14-30-24)31-28(38)34(27)21-12-13-23(25(16-21)37-3)32-39(4,35)36/h5-16,26-27,32H,1-4H3,(H,31,38). The van der Waals surface area contributed by atoms with Crippen LogP contribution >= 0.6 is 28.1 Å². The minimum Gasteiger partial charge on any atom is -0.494 e. The van der Waals surface area contributed by atoms with Gasteiger partial charge in [0.2, 0.25) is 10.0 Å². The maximum atomic E-state index is 11.9. The summed E-state index contributed by atoms with van der Waals surface area (Å²) >= 11 is 9.42. The molecule has 0 aliphatic carbocycles. The van der Waals surface area contributed by atoms with Crippen molar-refractivity contribution in [1.29, 1.82) is 0 Å². The molecule has 0 saturated carbocycles. The van der Waals surface area contributed by atoms with E-state index in [9.17, 15) is 8.42 Å². The molecule has 0 bridgehead atoms. The van der Waals surface area contributed by atoms with Crippen LogP contribution in [0.15, 0.2) is 77.4 Å². The van der Waals surface area contributed by atoms with E-state index in [1.54, 1.807) is 18.3 Å². The van der Waals surface area contributed by atoms with Crippen LogP contribution in [0.5, 0.6) is 5.75 Å². The second kappa shape index (κ2) is 10.6. The molecule has 1 aliphatic heterocycles. The highest BCUT2D eigenvalue weighted by atomic mass is 79.9. The number of ether oxygens (including phenoxy) is 1. The van der Waals surface area contributed by atoms with Crippen LogP contribution in [0.1, 0.15) is 34.7 Å². The topological polar surface area (TPSA) is 88.5 Å². The molecule has 5 rings (SSSR count). The normalized spacial score (nSPS) is 17.3. The smallest absolute Gasteiger partial charge is 0.229 e. The van der Waals surface area contributed by atoms with Gasteiger partial charge in [0.1, 0.15) is 5.75 Å². The molecule has 39 heavy (non-hydrogen) atoms. The van der Waals surface area contributed by atoms with Gasteiger partial charge in [0, 0.05) is 39.5 Å². The third-order valence-corrected chi connectivity index (χ3v) is 8.16. The van der Waals surface area contributed by atoms with E-state index in [0.717, 1.165) is 44.7 Å². The number of benzene rings is 2. The van der Waals surface area contributed by atoms with E-state index >= 15 is 0 Å². The van der Waals surface area contributed by atoms with Crippen molar-refractivity contribution in [2.75, 3.05) is 23.0 Å². The predicted octanol–water partition coefficient (Wildman–Crippen LogP) is 5.81. The Labute approximate surface area is 242 Å². The highest BCUT2D eigenvalue weighted by Crippen LogP contribution is 2.45. The van der Waals surface area contributed by atoms with Crippen LogP contribution < -0.4 is 19.7 Å². The number of sulfonamides is 1. The van der Waals surface area contributed by atoms with Crippen LogP contribution in [0.25, 0.3) is 5.69 Å². The number of pyridine rings is 1. The maximum absolute atomic E-state index is 11.9. The van der Waals surface area contributed by atoms with Crippen molar-refractivity contribution in [3.05, 3.63) is 100 Å². The van der Waals surface area contributed by atoms with Gasteiger partial charge in [-0.1, -0.05) is 22.0 Å². The highest BCUT2D eigenvalue weighted by Gasteiger charge is 2.42. The number of aryl methyl sites for hydroxylation is 1. The Hall–Kier alpha value is -3.41. The van der Waals surface area contributed by atoms with Crippen LogP contribution in [0.2, 0.25) is 0 Å². The fourth-order valence-electron chi connectivity index (χ4n) is 5.14. The third kappa shape index (κ3) is 5.39. The summed E-state index contributed by atoms with van der Waals surface area (Å²) < 4.78 is 35.1. The first-order valence-electron chi connectivity index (χ1n) is 12.2. The number of rotatable bonds is 7. The lowest BCUT2D eigenvalue weighted by molar-refractivity contribution is 0.417. The molecule has 3 heterocycles. The zero-order valence-corrected chi connectivity index (χ0v) is 25.1. The molecule has 4 aromatic rings. The van der Waals surface area contributed by atoms with E-state index in [4.69, 9.17) is 17.0 Å². The largest absolute Gasteiger partial charge is 0.494 e. The van der Waals surface area contributed by atoms with E-state index in [0.29, 0.717) is 16.5 Å². The van der Waals surface area contributed by atoms with Crippen LogP contribution in [0.3, 0.4) is 0 Å². The first-order chi connectivity index (χ1) is 18.6. The summed E-state index contributed by atoms with van der Waals surface area (Å²) in [4.78, 5) is 6.70. The molecule has 11 heteroatoms. The molecular formula is C28H28BrN5O3S2. The van der Waals surface area contributed by atoms with Crippen LogP contribution in [-0.2, 0) is 10.0 Å². The maximum Gasteiger partial charge on any atom is 0.229 e. The molecule has 8 nitrogen and oxygen atoms in total. The van der Waals surface area contributed by atoms with Gasteiger partial charge in [0.25, 0.3) is 0 Å². The molecule has 0 radical (unpaired) electrons. The number of hydrogen-bond donors (Lipinski definition) is 2. The third-order valence-electron chi connectivity index (χ3n) is 6.73. The van der Waals surface area contributed by atoms with Gasteiger partial charge in [0.05, 0.1) is 36.8 Å². The second-order valence-electron chi connectivity index (χ2n) is 9.39. The summed E-state index contributed by atoms with van der Waals surface area (Å²) in [6.45, 7) is 4.20. The summed E-state index contributed by atoms with van der Waals surface area (Å²) in [5.74, 6) is 0.390. The summed E-state index contributed by atoms with van der Waals surface area (Å²) in [7, 11) is -1.98. The number of hydrogen-bond acceptors (Lipinski definition) is 5. The van der Waals surface area contributed by atoms with Crippen LogP contribution in [0, 0.1) is 13.8 Å². The summed E-state index contributed by atoms with van der Waals surface area (Å²) in [5.41, 5.74) is 6.31. The fourth-order valence-corrected chi connectivity index (χ4v) is 6.32. The van der Waals surface area contributed by atoms with Gasteiger partial charge < -0.3 is 19.5 Å². The van der Waals surface area contributed by atoms with E-state index in [1.807, 2.05) is 36.4 Å². The number of aromatic nitrogens is 2. The van der Waals surface area contributed by atoms with Gasteiger partial charge in [-0.2, -0.15) is 0 Å². The van der Waals surface area contributed by atoms with Crippen molar-refractivity contribution < 1.29 is 13.2 Å². The molecule has 2 unspecified atom stereocenters. The van der Waals surface area contributed by atoms with Crippen molar-refractivity contribution in [3.63, 3.8) is 0 Å². The molecule has 2 atom stereocenters. The summed E-state index contributed by atoms with van der Waals surface area (Å²) in [6, 6.07) is 21.1. The van der Waals surface area contributed by atoms with Crippen LogP contribution in [0.4, 0.5) is 11.4 Å². The van der Waals surface area contributed by atoms with E-state index in [-0.39, 0.29) is 12.1 Å². The molecule has 1 fully saturated rings. The van der Waals surface area contributed by atoms with E-state index in [1.165, 1.54) is 7.11 Å².